The van der Waals surface area contributed by atoms with Crippen LogP contribution in [-0.4, -0.2) is 44.4 Å². The quantitative estimate of drug-likeness (QED) is 0.800. The normalized spacial score (nSPS) is 21.9. The van der Waals surface area contributed by atoms with Gasteiger partial charge in [-0.1, -0.05) is 6.07 Å². The fourth-order valence-electron chi connectivity index (χ4n) is 2.50. The van der Waals surface area contributed by atoms with E-state index in [0.717, 1.165) is 5.75 Å². The summed E-state index contributed by atoms with van der Waals surface area (Å²) in [5.74, 6) is 0.806. The Kier molecular flexibility index (Phi) is 5.59. The average Bonchev–Trinajstić information content (AvgIpc) is 2.43. The zero-order chi connectivity index (χ0) is 15.2. The van der Waals surface area contributed by atoms with Crippen molar-refractivity contribution in [2.45, 2.75) is 32.9 Å². The zero-order valence-corrected chi connectivity index (χ0v) is 12.9. The van der Waals surface area contributed by atoms with Gasteiger partial charge in [-0.2, -0.15) is 0 Å². The van der Waals surface area contributed by atoms with Gasteiger partial charge < -0.3 is 20.1 Å². The second kappa shape index (κ2) is 7.43. The lowest BCUT2D eigenvalue weighted by Crippen LogP contribution is -2.55. The zero-order valence-electron chi connectivity index (χ0n) is 12.9. The van der Waals surface area contributed by atoms with Crippen molar-refractivity contribution in [3.63, 3.8) is 0 Å². The molecule has 1 aromatic carbocycles. The van der Waals surface area contributed by atoms with E-state index in [-0.39, 0.29) is 18.1 Å². The molecule has 1 amide bonds. The number of hydrogen-bond acceptors (Lipinski definition) is 4. The van der Waals surface area contributed by atoms with Gasteiger partial charge in [0, 0.05) is 6.54 Å². The summed E-state index contributed by atoms with van der Waals surface area (Å²) in [7, 11) is 0. The predicted molar refractivity (Wildman–Crippen MR) is 81.6 cm³/mol. The van der Waals surface area contributed by atoms with Gasteiger partial charge in [-0.15, -0.1) is 0 Å². The minimum atomic E-state index is -0.278. The summed E-state index contributed by atoms with van der Waals surface area (Å²) in [6, 6.07) is 5.81. The molecule has 0 radical (unpaired) electrons. The number of aryl methyl sites for hydroxylation is 2. The molecule has 1 heterocycles. The molecule has 1 aliphatic rings. The van der Waals surface area contributed by atoms with E-state index in [2.05, 4.69) is 16.7 Å². The summed E-state index contributed by atoms with van der Waals surface area (Å²) in [4.78, 5) is 12.0. The van der Waals surface area contributed by atoms with Crippen molar-refractivity contribution >= 4 is 5.91 Å². The van der Waals surface area contributed by atoms with E-state index < -0.39 is 0 Å². The first-order chi connectivity index (χ1) is 10.1. The number of rotatable bonds is 5. The molecule has 2 atom stereocenters. The van der Waals surface area contributed by atoms with Gasteiger partial charge in [-0.05, 0) is 44.0 Å². The lowest BCUT2D eigenvalue weighted by molar-refractivity contribution is -0.129. The Morgan fingerprint density at radius 2 is 2.10 bits per heavy atom. The van der Waals surface area contributed by atoms with Gasteiger partial charge in [-0.3, -0.25) is 4.79 Å². The fraction of sp³-hybridized carbons (Fsp3) is 0.562. The number of nitrogens with one attached hydrogen (secondary N) is 2. The lowest BCUT2D eigenvalue weighted by Gasteiger charge is -2.29. The van der Waals surface area contributed by atoms with Crippen molar-refractivity contribution in [1.29, 1.82) is 0 Å². The van der Waals surface area contributed by atoms with E-state index in [1.54, 1.807) is 0 Å². The number of carbonyl (C=O) groups excluding carboxylic acids is 1. The summed E-state index contributed by atoms with van der Waals surface area (Å²) in [6.07, 6.45) is -0.0981. The molecule has 21 heavy (non-hydrogen) atoms. The highest BCUT2D eigenvalue weighted by Gasteiger charge is 2.27. The van der Waals surface area contributed by atoms with Crippen LogP contribution in [0.1, 0.15) is 18.1 Å². The highest BCUT2D eigenvalue weighted by Crippen LogP contribution is 2.15. The predicted octanol–water partition coefficient (Wildman–Crippen LogP) is 1.18. The molecule has 1 saturated heterocycles. The lowest BCUT2D eigenvalue weighted by atomic mass is 10.1. The third kappa shape index (κ3) is 4.72. The number of amides is 1. The smallest absolute Gasteiger partial charge is 0.239 e. The monoisotopic (exact) mass is 292 g/mol. The van der Waals surface area contributed by atoms with Crippen LogP contribution in [0, 0.1) is 13.8 Å². The molecule has 0 saturated carbocycles. The SMILES string of the molecule is Cc1cc(C)cc(OCCNC(=O)[C@H]2NCCO[C@@H]2C)c1. The summed E-state index contributed by atoms with van der Waals surface area (Å²) in [5.41, 5.74) is 2.35. The highest BCUT2D eigenvalue weighted by atomic mass is 16.5. The molecule has 0 bridgehead atoms. The van der Waals surface area contributed by atoms with Gasteiger partial charge in [0.15, 0.2) is 0 Å². The second-order valence-electron chi connectivity index (χ2n) is 5.47. The van der Waals surface area contributed by atoms with E-state index in [1.165, 1.54) is 11.1 Å². The van der Waals surface area contributed by atoms with Crippen LogP contribution in [0.3, 0.4) is 0 Å². The minimum absolute atomic E-state index is 0.0359. The topological polar surface area (TPSA) is 59.6 Å². The summed E-state index contributed by atoms with van der Waals surface area (Å²) in [6.45, 7) is 8.29. The van der Waals surface area contributed by atoms with Crippen molar-refractivity contribution in [1.82, 2.24) is 10.6 Å². The molecule has 0 aliphatic carbocycles. The number of ether oxygens (including phenoxy) is 2. The van der Waals surface area contributed by atoms with Crippen LogP contribution in [-0.2, 0) is 9.53 Å². The molecule has 1 aliphatic heterocycles. The number of hydrogen-bond donors (Lipinski definition) is 2. The molecular formula is C16H24N2O3. The molecule has 2 N–H and O–H groups in total. The molecule has 116 valence electrons. The minimum Gasteiger partial charge on any atom is -0.492 e. The molecule has 2 rings (SSSR count). The van der Waals surface area contributed by atoms with Gasteiger partial charge in [0.2, 0.25) is 5.91 Å². The summed E-state index contributed by atoms with van der Waals surface area (Å²) in [5, 5.41) is 6.04. The second-order valence-corrected chi connectivity index (χ2v) is 5.47. The van der Waals surface area contributed by atoms with Crippen LogP contribution in [0.2, 0.25) is 0 Å². The first-order valence-electron chi connectivity index (χ1n) is 7.40. The largest absolute Gasteiger partial charge is 0.492 e. The van der Waals surface area contributed by atoms with Gasteiger partial charge in [0.25, 0.3) is 0 Å². The molecule has 5 heteroatoms. The Morgan fingerprint density at radius 1 is 1.38 bits per heavy atom. The Bertz CT molecular complexity index is 470. The van der Waals surface area contributed by atoms with E-state index in [0.29, 0.717) is 26.3 Å². The standard InChI is InChI=1S/C16H24N2O3/c1-11-8-12(2)10-14(9-11)21-7-5-18-16(19)15-13(3)20-6-4-17-15/h8-10,13,15,17H,4-7H2,1-3H3,(H,18,19)/t13-,15+/m1/s1. The molecular weight excluding hydrogens is 268 g/mol. The molecule has 1 fully saturated rings. The van der Waals surface area contributed by atoms with Crippen LogP contribution in [0.25, 0.3) is 0 Å². The first kappa shape index (κ1) is 15.8. The molecule has 1 aromatic rings. The van der Waals surface area contributed by atoms with Crippen molar-refractivity contribution in [3.8, 4) is 5.75 Å². The van der Waals surface area contributed by atoms with E-state index in [1.807, 2.05) is 32.9 Å². The summed E-state index contributed by atoms with van der Waals surface area (Å²) >= 11 is 0. The summed E-state index contributed by atoms with van der Waals surface area (Å²) < 4.78 is 11.1. The maximum absolute atomic E-state index is 12.0. The van der Waals surface area contributed by atoms with Gasteiger partial charge in [0.05, 0.1) is 19.3 Å². The molecule has 0 aromatic heterocycles. The van der Waals surface area contributed by atoms with Crippen molar-refractivity contribution in [3.05, 3.63) is 29.3 Å². The van der Waals surface area contributed by atoms with Crippen molar-refractivity contribution < 1.29 is 14.3 Å². The van der Waals surface area contributed by atoms with E-state index in [4.69, 9.17) is 9.47 Å². The Hall–Kier alpha value is -1.59. The van der Waals surface area contributed by atoms with E-state index in [9.17, 15) is 4.79 Å². The van der Waals surface area contributed by atoms with Crippen LogP contribution >= 0.6 is 0 Å². The van der Waals surface area contributed by atoms with Crippen molar-refractivity contribution in [2.24, 2.45) is 0 Å². The number of benzene rings is 1. The Morgan fingerprint density at radius 3 is 2.76 bits per heavy atom. The maximum atomic E-state index is 12.0. The molecule has 5 nitrogen and oxygen atoms in total. The van der Waals surface area contributed by atoms with Crippen molar-refractivity contribution in [2.75, 3.05) is 26.3 Å². The van der Waals surface area contributed by atoms with Crippen LogP contribution in [0.15, 0.2) is 18.2 Å². The molecule has 0 unspecified atom stereocenters. The Balaban J connectivity index is 1.72. The first-order valence-corrected chi connectivity index (χ1v) is 7.40. The highest BCUT2D eigenvalue weighted by molar-refractivity contribution is 5.82. The third-order valence-corrected chi connectivity index (χ3v) is 3.46. The Labute approximate surface area is 126 Å². The van der Waals surface area contributed by atoms with Crippen LogP contribution in [0.4, 0.5) is 0 Å². The average molecular weight is 292 g/mol. The number of carbonyl (C=O) groups is 1. The van der Waals surface area contributed by atoms with Gasteiger partial charge in [0.1, 0.15) is 18.4 Å². The third-order valence-electron chi connectivity index (χ3n) is 3.46. The fourth-order valence-corrected chi connectivity index (χ4v) is 2.50. The number of morpholine rings is 1. The van der Waals surface area contributed by atoms with Crippen LogP contribution < -0.4 is 15.4 Å². The van der Waals surface area contributed by atoms with Gasteiger partial charge >= 0.3 is 0 Å². The maximum Gasteiger partial charge on any atom is 0.239 e. The van der Waals surface area contributed by atoms with E-state index >= 15 is 0 Å². The van der Waals surface area contributed by atoms with Crippen LogP contribution in [0.5, 0.6) is 5.75 Å². The van der Waals surface area contributed by atoms with Gasteiger partial charge in [-0.25, -0.2) is 0 Å². The molecule has 0 spiro atoms.